The predicted molar refractivity (Wildman–Crippen MR) is 81.5 cm³/mol. The van der Waals surface area contributed by atoms with Crippen LogP contribution in [0, 0.1) is 12.3 Å². The highest BCUT2D eigenvalue weighted by Gasteiger charge is 2.28. The second-order valence-electron chi connectivity index (χ2n) is 5.12. The number of nitrogens with one attached hydrogen (secondary N) is 1. The lowest BCUT2D eigenvalue weighted by molar-refractivity contribution is 0.119. The number of hydrogen-bond donors (Lipinski definition) is 2. The Hall–Kier alpha value is -0.620. The number of hydrogen-bond acceptors (Lipinski definition) is 3. The van der Waals surface area contributed by atoms with E-state index in [-0.39, 0.29) is 23.1 Å². The molecule has 1 aromatic rings. The highest BCUT2D eigenvalue weighted by Crippen LogP contribution is 2.27. The Kier molecular flexibility index (Phi) is 6.01. The minimum atomic E-state index is -3.66. The number of benzene rings is 1. The van der Waals surface area contributed by atoms with Gasteiger partial charge >= 0.3 is 0 Å². The third-order valence-electron chi connectivity index (χ3n) is 3.85. The highest BCUT2D eigenvalue weighted by atomic mass is 35.5. The van der Waals surface area contributed by atoms with Crippen molar-refractivity contribution >= 4 is 21.6 Å². The standard InChI is InChI=1S/C14H22ClNO3S/c1-4-14(5-2,10-17)9-16-20(18,19)13-7-6-11(3)8-12(13)15/h6-8,16-17H,4-5,9-10H2,1-3H3. The summed E-state index contributed by atoms with van der Waals surface area (Å²) in [7, 11) is -3.66. The number of halogens is 1. The van der Waals surface area contributed by atoms with Gasteiger partial charge in [-0.1, -0.05) is 31.5 Å². The lowest BCUT2D eigenvalue weighted by atomic mass is 9.84. The quantitative estimate of drug-likeness (QED) is 0.812. The maximum atomic E-state index is 12.3. The van der Waals surface area contributed by atoms with Crippen molar-refractivity contribution < 1.29 is 13.5 Å². The Balaban J connectivity index is 2.96. The molecule has 2 N–H and O–H groups in total. The van der Waals surface area contributed by atoms with E-state index >= 15 is 0 Å². The summed E-state index contributed by atoms with van der Waals surface area (Å²) >= 11 is 6.00. The van der Waals surface area contributed by atoms with E-state index in [9.17, 15) is 13.5 Å². The van der Waals surface area contributed by atoms with Gasteiger partial charge in [-0.25, -0.2) is 13.1 Å². The minimum absolute atomic E-state index is 0.0514. The van der Waals surface area contributed by atoms with E-state index in [0.29, 0.717) is 12.8 Å². The molecule has 0 bridgehead atoms. The second kappa shape index (κ2) is 6.89. The first-order valence-electron chi connectivity index (χ1n) is 6.67. The Morgan fingerprint density at radius 3 is 2.35 bits per heavy atom. The van der Waals surface area contributed by atoms with Gasteiger partial charge in [0.2, 0.25) is 10.0 Å². The van der Waals surface area contributed by atoms with Gasteiger partial charge in [0.25, 0.3) is 0 Å². The van der Waals surface area contributed by atoms with E-state index in [1.54, 1.807) is 12.1 Å². The summed E-state index contributed by atoms with van der Waals surface area (Å²) < 4.78 is 27.1. The molecule has 0 amide bonds. The van der Waals surface area contributed by atoms with Crippen molar-refractivity contribution in [2.75, 3.05) is 13.2 Å². The van der Waals surface area contributed by atoms with Gasteiger partial charge in [0.15, 0.2) is 0 Å². The fourth-order valence-corrected chi connectivity index (χ4v) is 3.68. The third kappa shape index (κ3) is 3.95. The molecule has 4 nitrogen and oxygen atoms in total. The normalized spacial score (nSPS) is 12.7. The summed E-state index contributed by atoms with van der Waals surface area (Å²) in [5.41, 5.74) is 0.477. The van der Waals surface area contributed by atoms with Gasteiger partial charge in [-0.2, -0.15) is 0 Å². The summed E-state index contributed by atoms with van der Waals surface area (Å²) in [5, 5.41) is 9.68. The average molecular weight is 320 g/mol. The second-order valence-corrected chi connectivity index (χ2v) is 7.27. The smallest absolute Gasteiger partial charge is 0.242 e. The highest BCUT2D eigenvalue weighted by molar-refractivity contribution is 7.89. The van der Waals surface area contributed by atoms with Crippen molar-refractivity contribution in [3.63, 3.8) is 0 Å². The van der Waals surface area contributed by atoms with Crippen LogP contribution in [0.5, 0.6) is 0 Å². The van der Waals surface area contributed by atoms with Crippen molar-refractivity contribution in [2.24, 2.45) is 5.41 Å². The van der Waals surface area contributed by atoms with Crippen LogP contribution in [0.3, 0.4) is 0 Å². The van der Waals surface area contributed by atoms with E-state index in [1.807, 2.05) is 20.8 Å². The van der Waals surface area contributed by atoms with E-state index in [4.69, 9.17) is 11.6 Å². The number of aliphatic hydroxyl groups excluding tert-OH is 1. The zero-order valence-corrected chi connectivity index (χ0v) is 13.7. The number of sulfonamides is 1. The summed E-state index contributed by atoms with van der Waals surface area (Å²) in [6.07, 6.45) is 1.40. The van der Waals surface area contributed by atoms with E-state index in [0.717, 1.165) is 5.56 Å². The van der Waals surface area contributed by atoms with Gasteiger partial charge in [0, 0.05) is 18.6 Å². The molecule has 0 atom stereocenters. The van der Waals surface area contributed by atoms with Crippen LogP contribution in [0.4, 0.5) is 0 Å². The lowest BCUT2D eigenvalue weighted by Gasteiger charge is -2.29. The zero-order valence-electron chi connectivity index (χ0n) is 12.1. The molecule has 0 saturated heterocycles. The lowest BCUT2D eigenvalue weighted by Crippen LogP contribution is -2.39. The van der Waals surface area contributed by atoms with Gasteiger partial charge < -0.3 is 5.11 Å². The van der Waals surface area contributed by atoms with Gasteiger partial charge in [-0.05, 0) is 37.5 Å². The van der Waals surface area contributed by atoms with Crippen LogP contribution in [0.2, 0.25) is 5.02 Å². The first kappa shape index (κ1) is 17.4. The summed E-state index contributed by atoms with van der Waals surface area (Å²) in [5.74, 6) is 0. The Morgan fingerprint density at radius 2 is 1.90 bits per heavy atom. The van der Waals surface area contributed by atoms with Gasteiger partial charge in [0.1, 0.15) is 4.90 Å². The molecule has 114 valence electrons. The molecular formula is C14H22ClNO3S. The molecule has 0 heterocycles. The molecule has 0 aromatic heterocycles. The molecule has 6 heteroatoms. The van der Waals surface area contributed by atoms with Crippen LogP contribution < -0.4 is 4.72 Å². The molecule has 1 rings (SSSR count). The fourth-order valence-electron chi connectivity index (χ4n) is 1.93. The fraction of sp³-hybridized carbons (Fsp3) is 0.571. The average Bonchev–Trinajstić information content (AvgIpc) is 2.40. The maximum Gasteiger partial charge on any atom is 0.242 e. The monoisotopic (exact) mass is 319 g/mol. The molecule has 0 fully saturated rings. The Bertz CT molecular complexity index is 545. The minimum Gasteiger partial charge on any atom is -0.396 e. The molecule has 1 aromatic carbocycles. The molecule has 0 aliphatic heterocycles. The van der Waals surface area contributed by atoms with Gasteiger partial charge in [-0.3, -0.25) is 0 Å². The van der Waals surface area contributed by atoms with Crippen molar-refractivity contribution in [1.29, 1.82) is 0 Å². The van der Waals surface area contributed by atoms with Crippen LogP contribution in [0.25, 0.3) is 0 Å². The van der Waals surface area contributed by atoms with Gasteiger partial charge in [0.05, 0.1) is 5.02 Å². The van der Waals surface area contributed by atoms with Crippen LogP contribution >= 0.6 is 11.6 Å². The zero-order chi connectivity index (χ0) is 15.4. The van der Waals surface area contributed by atoms with E-state index in [1.165, 1.54) is 6.07 Å². The number of aliphatic hydroxyl groups is 1. The number of aryl methyl sites for hydroxylation is 1. The van der Waals surface area contributed by atoms with Gasteiger partial charge in [-0.15, -0.1) is 0 Å². The molecule has 0 aliphatic rings. The summed E-state index contributed by atoms with van der Waals surface area (Å²) in [4.78, 5) is 0.0730. The molecule has 0 radical (unpaired) electrons. The topological polar surface area (TPSA) is 66.4 Å². The van der Waals surface area contributed by atoms with Crippen molar-refractivity contribution in [3.05, 3.63) is 28.8 Å². The van der Waals surface area contributed by atoms with E-state index < -0.39 is 15.4 Å². The molecule has 0 spiro atoms. The summed E-state index contributed by atoms with van der Waals surface area (Å²) in [6, 6.07) is 4.83. The Labute approximate surface area is 126 Å². The van der Waals surface area contributed by atoms with Crippen LogP contribution in [0.1, 0.15) is 32.3 Å². The largest absolute Gasteiger partial charge is 0.396 e. The molecule has 0 unspecified atom stereocenters. The molecule has 20 heavy (non-hydrogen) atoms. The molecule has 0 aliphatic carbocycles. The maximum absolute atomic E-state index is 12.3. The van der Waals surface area contributed by atoms with E-state index in [2.05, 4.69) is 4.72 Å². The third-order valence-corrected chi connectivity index (χ3v) is 5.73. The first-order valence-corrected chi connectivity index (χ1v) is 8.53. The molecular weight excluding hydrogens is 298 g/mol. The predicted octanol–water partition coefficient (Wildman–Crippen LogP) is 2.73. The summed E-state index contributed by atoms with van der Waals surface area (Å²) in [6.45, 7) is 5.87. The molecule has 0 saturated carbocycles. The van der Waals surface area contributed by atoms with Crippen LogP contribution in [0.15, 0.2) is 23.1 Å². The SMILES string of the molecule is CCC(CC)(CO)CNS(=O)(=O)c1ccc(C)cc1Cl. The van der Waals surface area contributed by atoms with Crippen molar-refractivity contribution in [3.8, 4) is 0 Å². The number of rotatable bonds is 7. The van der Waals surface area contributed by atoms with Crippen molar-refractivity contribution in [1.82, 2.24) is 4.72 Å². The first-order chi connectivity index (χ1) is 9.30. The Morgan fingerprint density at radius 1 is 1.30 bits per heavy atom. The van der Waals surface area contributed by atoms with Crippen molar-refractivity contribution in [2.45, 2.75) is 38.5 Å². The van der Waals surface area contributed by atoms with Crippen LogP contribution in [-0.2, 0) is 10.0 Å². The van der Waals surface area contributed by atoms with Crippen LogP contribution in [-0.4, -0.2) is 26.7 Å².